The maximum absolute atomic E-state index is 13.4. The van der Waals surface area contributed by atoms with Crippen molar-refractivity contribution in [3.63, 3.8) is 0 Å². The second kappa shape index (κ2) is 7.65. The minimum atomic E-state index is -1.01. The van der Waals surface area contributed by atoms with Gasteiger partial charge in [0.2, 0.25) is 17.8 Å². The molecule has 0 aliphatic carbocycles. The fourth-order valence-electron chi connectivity index (χ4n) is 3.93. The minimum absolute atomic E-state index is 0.108. The van der Waals surface area contributed by atoms with Crippen molar-refractivity contribution in [2.45, 2.75) is 44.6 Å². The number of carbonyl (C=O) groups excluding carboxylic acids is 2. The topological polar surface area (TPSA) is 107 Å². The summed E-state index contributed by atoms with van der Waals surface area (Å²) in [6.45, 7) is 2.83. The third-order valence-electron chi connectivity index (χ3n) is 5.42. The van der Waals surface area contributed by atoms with Crippen LogP contribution in [-0.2, 0) is 9.59 Å². The molecule has 1 aromatic heterocycles. The van der Waals surface area contributed by atoms with Crippen LogP contribution in [-0.4, -0.2) is 34.4 Å². The van der Waals surface area contributed by atoms with Gasteiger partial charge in [-0.2, -0.15) is 4.98 Å². The van der Waals surface area contributed by atoms with Gasteiger partial charge in [-0.3, -0.25) is 19.4 Å². The molecule has 0 bridgehead atoms. The SMILES string of the molecule is C[C@H]1CCCCN1c1nc2c(c(=O)[nH]1)[C@@H](C(=O)Nc1cccc(F)c1)CC(=O)N2. The Morgan fingerprint density at radius 1 is 1.31 bits per heavy atom. The predicted molar refractivity (Wildman–Crippen MR) is 107 cm³/mol. The van der Waals surface area contributed by atoms with Gasteiger partial charge in [0.15, 0.2) is 0 Å². The number of nitrogens with zero attached hydrogens (tertiary/aromatic N) is 2. The van der Waals surface area contributed by atoms with Crippen LogP contribution >= 0.6 is 0 Å². The summed E-state index contributed by atoms with van der Waals surface area (Å²) < 4.78 is 13.4. The third kappa shape index (κ3) is 3.85. The van der Waals surface area contributed by atoms with Crippen molar-refractivity contribution in [1.82, 2.24) is 9.97 Å². The van der Waals surface area contributed by atoms with E-state index in [-0.39, 0.29) is 29.5 Å². The van der Waals surface area contributed by atoms with Gasteiger partial charge >= 0.3 is 0 Å². The standard InChI is InChI=1S/C20H22FN5O3/c1-11-5-2-3-8-26(11)20-24-17-16(19(29)25-20)14(10-15(27)23-17)18(28)22-13-7-4-6-12(21)9-13/h4,6-7,9,11,14H,2-3,5,8,10H2,1H3,(H,22,28)(H2,23,24,25,27,29)/t11-,14-/m0/s1. The van der Waals surface area contributed by atoms with Crippen LogP contribution in [0.25, 0.3) is 0 Å². The molecule has 2 aromatic rings. The van der Waals surface area contributed by atoms with Crippen molar-refractivity contribution in [3.8, 4) is 0 Å². The number of hydrogen-bond donors (Lipinski definition) is 3. The van der Waals surface area contributed by atoms with Crippen molar-refractivity contribution >= 4 is 29.3 Å². The van der Waals surface area contributed by atoms with Gasteiger partial charge in [0.1, 0.15) is 11.6 Å². The highest BCUT2D eigenvalue weighted by atomic mass is 19.1. The summed E-state index contributed by atoms with van der Waals surface area (Å²) in [5, 5.41) is 5.19. The smallest absolute Gasteiger partial charge is 0.258 e. The lowest BCUT2D eigenvalue weighted by Gasteiger charge is -2.34. The van der Waals surface area contributed by atoms with Crippen LogP contribution < -0.4 is 21.1 Å². The van der Waals surface area contributed by atoms with Crippen LogP contribution in [0.5, 0.6) is 0 Å². The van der Waals surface area contributed by atoms with Crippen molar-refractivity contribution in [1.29, 1.82) is 0 Å². The van der Waals surface area contributed by atoms with Gasteiger partial charge in [-0.1, -0.05) is 6.07 Å². The fraction of sp³-hybridized carbons (Fsp3) is 0.400. The third-order valence-corrected chi connectivity index (χ3v) is 5.42. The van der Waals surface area contributed by atoms with Crippen molar-refractivity contribution < 1.29 is 14.0 Å². The quantitative estimate of drug-likeness (QED) is 0.734. The van der Waals surface area contributed by atoms with E-state index in [2.05, 4.69) is 27.5 Å². The van der Waals surface area contributed by atoms with E-state index in [0.717, 1.165) is 25.8 Å². The van der Waals surface area contributed by atoms with Crippen LogP contribution in [0, 0.1) is 5.82 Å². The van der Waals surface area contributed by atoms with Gasteiger partial charge < -0.3 is 15.5 Å². The molecule has 2 amide bonds. The molecule has 1 aromatic carbocycles. The molecule has 1 saturated heterocycles. The van der Waals surface area contributed by atoms with E-state index >= 15 is 0 Å². The van der Waals surface area contributed by atoms with Gasteiger partial charge in [-0.05, 0) is 44.4 Å². The van der Waals surface area contributed by atoms with Crippen LogP contribution in [0.2, 0.25) is 0 Å². The Morgan fingerprint density at radius 3 is 2.90 bits per heavy atom. The average molecular weight is 399 g/mol. The van der Waals surface area contributed by atoms with Crippen LogP contribution in [0.1, 0.15) is 44.1 Å². The molecule has 152 valence electrons. The lowest BCUT2D eigenvalue weighted by atomic mass is 9.92. The monoisotopic (exact) mass is 399 g/mol. The number of hydrogen-bond acceptors (Lipinski definition) is 5. The Bertz CT molecular complexity index is 1020. The maximum Gasteiger partial charge on any atom is 0.258 e. The number of halogens is 1. The van der Waals surface area contributed by atoms with E-state index in [1.807, 2.05) is 4.90 Å². The predicted octanol–water partition coefficient (Wildman–Crippen LogP) is 2.35. The number of carbonyl (C=O) groups is 2. The molecule has 2 aliphatic heterocycles. The van der Waals surface area contributed by atoms with E-state index < -0.39 is 29.1 Å². The molecule has 29 heavy (non-hydrogen) atoms. The number of anilines is 3. The Balaban J connectivity index is 1.66. The molecule has 3 N–H and O–H groups in total. The highest BCUT2D eigenvalue weighted by Crippen LogP contribution is 2.31. The van der Waals surface area contributed by atoms with E-state index in [4.69, 9.17) is 0 Å². The Morgan fingerprint density at radius 2 is 2.14 bits per heavy atom. The minimum Gasteiger partial charge on any atom is -0.340 e. The molecule has 4 rings (SSSR count). The molecule has 0 spiro atoms. The first-order valence-corrected chi connectivity index (χ1v) is 9.69. The number of piperidine rings is 1. The summed E-state index contributed by atoms with van der Waals surface area (Å²) in [5.41, 5.74) is -0.0836. The summed E-state index contributed by atoms with van der Waals surface area (Å²) >= 11 is 0. The summed E-state index contributed by atoms with van der Waals surface area (Å²) in [4.78, 5) is 47.1. The Labute approximate surface area is 166 Å². The molecule has 2 aliphatic rings. The fourth-order valence-corrected chi connectivity index (χ4v) is 3.93. The second-order valence-corrected chi connectivity index (χ2v) is 7.49. The molecule has 8 nitrogen and oxygen atoms in total. The first-order chi connectivity index (χ1) is 13.9. The van der Waals surface area contributed by atoms with Crippen molar-refractivity contribution in [2.75, 3.05) is 22.1 Å². The Hall–Kier alpha value is -3.23. The number of benzene rings is 1. The largest absolute Gasteiger partial charge is 0.340 e. The summed E-state index contributed by atoms with van der Waals surface area (Å²) in [7, 11) is 0. The first kappa shape index (κ1) is 19.1. The molecule has 3 heterocycles. The maximum atomic E-state index is 13.4. The van der Waals surface area contributed by atoms with E-state index in [1.54, 1.807) is 0 Å². The van der Waals surface area contributed by atoms with Gasteiger partial charge in [-0.15, -0.1) is 0 Å². The first-order valence-electron chi connectivity index (χ1n) is 9.69. The lowest BCUT2D eigenvalue weighted by Crippen LogP contribution is -2.42. The normalized spacial score (nSPS) is 21.3. The highest BCUT2D eigenvalue weighted by Gasteiger charge is 2.35. The van der Waals surface area contributed by atoms with Crippen molar-refractivity contribution in [2.24, 2.45) is 0 Å². The zero-order chi connectivity index (χ0) is 20.5. The van der Waals surface area contributed by atoms with E-state index in [9.17, 15) is 18.8 Å². The zero-order valence-electron chi connectivity index (χ0n) is 16.0. The van der Waals surface area contributed by atoms with E-state index in [1.165, 1.54) is 24.3 Å². The van der Waals surface area contributed by atoms with Gasteiger partial charge in [0.25, 0.3) is 5.56 Å². The molecule has 9 heteroatoms. The number of fused-ring (bicyclic) bond motifs is 1. The van der Waals surface area contributed by atoms with Gasteiger partial charge in [0.05, 0.1) is 11.5 Å². The second-order valence-electron chi connectivity index (χ2n) is 7.49. The number of aromatic amines is 1. The zero-order valence-corrected chi connectivity index (χ0v) is 16.0. The Kier molecular flexibility index (Phi) is 5.04. The van der Waals surface area contributed by atoms with Crippen LogP contribution in [0.4, 0.5) is 21.8 Å². The number of H-pyrrole nitrogens is 1. The molecular weight excluding hydrogens is 377 g/mol. The highest BCUT2D eigenvalue weighted by molar-refractivity contribution is 6.04. The molecule has 0 saturated carbocycles. The number of aromatic nitrogens is 2. The van der Waals surface area contributed by atoms with Gasteiger partial charge in [-0.25, -0.2) is 4.39 Å². The van der Waals surface area contributed by atoms with Crippen molar-refractivity contribution in [3.05, 3.63) is 46.0 Å². The van der Waals surface area contributed by atoms with E-state index in [0.29, 0.717) is 5.95 Å². The number of amides is 2. The van der Waals surface area contributed by atoms with Crippen LogP contribution in [0.15, 0.2) is 29.1 Å². The molecular formula is C20H22FN5O3. The average Bonchev–Trinajstić information content (AvgIpc) is 2.67. The molecule has 1 fully saturated rings. The molecule has 0 radical (unpaired) electrons. The number of rotatable bonds is 3. The summed E-state index contributed by atoms with van der Waals surface area (Å²) in [5.74, 6) is -1.95. The molecule has 0 unspecified atom stereocenters. The number of nitrogens with one attached hydrogen (secondary N) is 3. The summed E-state index contributed by atoms with van der Waals surface area (Å²) in [6.07, 6.45) is 2.92. The lowest BCUT2D eigenvalue weighted by molar-refractivity contribution is -0.123. The van der Waals surface area contributed by atoms with Crippen LogP contribution in [0.3, 0.4) is 0 Å². The summed E-state index contributed by atoms with van der Waals surface area (Å²) in [6, 6.07) is 5.65. The molecule has 2 atom stereocenters. The van der Waals surface area contributed by atoms with Gasteiger partial charge in [0, 0.05) is 24.7 Å².